The van der Waals surface area contributed by atoms with E-state index in [-0.39, 0.29) is 12.5 Å². The molecule has 17 heavy (non-hydrogen) atoms. The first-order valence-corrected chi connectivity index (χ1v) is 6.21. The Morgan fingerprint density at radius 3 is 2.47 bits per heavy atom. The van der Waals surface area contributed by atoms with Crippen molar-refractivity contribution in [1.29, 1.82) is 0 Å². The second kappa shape index (κ2) is 7.07. The molecule has 1 aromatic rings. The van der Waals surface area contributed by atoms with Crippen molar-refractivity contribution in [2.75, 3.05) is 6.54 Å². The van der Waals surface area contributed by atoms with Crippen LogP contribution in [0.25, 0.3) is 0 Å². The van der Waals surface area contributed by atoms with Crippen LogP contribution in [0.3, 0.4) is 0 Å². The minimum absolute atomic E-state index is 0.0355. The number of aryl methyl sites for hydroxylation is 1. The molecular weight excluding hydrogens is 214 g/mol. The van der Waals surface area contributed by atoms with E-state index < -0.39 is 6.10 Å². The van der Waals surface area contributed by atoms with Gasteiger partial charge in [0.15, 0.2) is 0 Å². The van der Waals surface area contributed by atoms with Crippen LogP contribution >= 0.6 is 0 Å². The SMILES string of the molecule is CCCc1ccc(C(O)CNC(=O)CC)cc1. The minimum Gasteiger partial charge on any atom is -0.387 e. The molecule has 0 aliphatic heterocycles. The van der Waals surface area contributed by atoms with E-state index in [2.05, 4.69) is 12.2 Å². The molecule has 1 aromatic carbocycles. The first-order chi connectivity index (χ1) is 8.17. The Hall–Kier alpha value is -1.35. The first-order valence-electron chi connectivity index (χ1n) is 6.21. The summed E-state index contributed by atoms with van der Waals surface area (Å²) in [6.07, 6.45) is 2.00. The zero-order valence-electron chi connectivity index (χ0n) is 10.6. The predicted octanol–water partition coefficient (Wildman–Crippen LogP) is 2.20. The molecular formula is C14H21NO2. The van der Waals surface area contributed by atoms with Gasteiger partial charge in [0.2, 0.25) is 5.91 Å². The van der Waals surface area contributed by atoms with E-state index in [1.165, 1.54) is 5.56 Å². The summed E-state index contributed by atoms with van der Waals surface area (Å²) in [6.45, 7) is 4.21. The second-order valence-corrected chi connectivity index (χ2v) is 4.17. The van der Waals surface area contributed by atoms with Gasteiger partial charge < -0.3 is 10.4 Å². The molecule has 1 amide bonds. The van der Waals surface area contributed by atoms with Crippen molar-refractivity contribution < 1.29 is 9.90 Å². The van der Waals surface area contributed by atoms with Gasteiger partial charge >= 0.3 is 0 Å². The fourth-order valence-corrected chi connectivity index (χ4v) is 1.65. The summed E-state index contributed by atoms with van der Waals surface area (Å²) >= 11 is 0. The quantitative estimate of drug-likeness (QED) is 0.794. The van der Waals surface area contributed by atoms with Crippen molar-refractivity contribution in [1.82, 2.24) is 5.32 Å². The monoisotopic (exact) mass is 235 g/mol. The summed E-state index contributed by atoms with van der Waals surface area (Å²) in [7, 11) is 0. The molecule has 0 aliphatic rings. The molecule has 2 N–H and O–H groups in total. The Kier molecular flexibility index (Phi) is 5.70. The van der Waals surface area contributed by atoms with Gasteiger partial charge in [-0.3, -0.25) is 4.79 Å². The number of carbonyl (C=O) groups is 1. The third-order valence-corrected chi connectivity index (χ3v) is 2.72. The van der Waals surface area contributed by atoms with Crippen LogP contribution in [-0.2, 0) is 11.2 Å². The number of carbonyl (C=O) groups excluding carboxylic acids is 1. The molecule has 0 saturated heterocycles. The molecule has 0 fully saturated rings. The Morgan fingerprint density at radius 2 is 1.94 bits per heavy atom. The second-order valence-electron chi connectivity index (χ2n) is 4.17. The van der Waals surface area contributed by atoms with Crippen LogP contribution in [0.2, 0.25) is 0 Å². The predicted molar refractivity (Wildman–Crippen MR) is 68.7 cm³/mol. The number of hydrogen-bond acceptors (Lipinski definition) is 2. The maximum atomic E-state index is 11.1. The van der Waals surface area contributed by atoms with E-state index in [9.17, 15) is 9.90 Å². The highest BCUT2D eigenvalue weighted by Gasteiger charge is 2.08. The smallest absolute Gasteiger partial charge is 0.219 e. The number of benzene rings is 1. The highest BCUT2D eigenvalue weighted by molar-refractivity contribution is 5.75. The van der Waals surface area contributed by atoms with E-state index in [0.29, 0.717) is 6.42 Å². The number of amides is 1. The summed E-state index contributed by atoms with van der Waals surface area (Å²) in [6, 6.07) is 7.91. The summed E-state index contributed by atoms with van der Waals surface area (Å²) in [5.74, 6) is -0.0355. The van der Waals surface area contributed by atoms with Crippen LogP contribution < -0.4 is 5.32 Å². The summed E-state index contributed by atoms with van der Waals surface area (Å²) in [4.78, 5) is 11.1. The topological polar surface area (TPSA) is 49.3 Å². The van der Waals surface area contributed by atoms with Crippen molar-refractivity contribution in [2.45, 2.75) is 39.2 Å². The molecule has 3 nitrogen and oxygen atoms in total. The van der Waals surface area contributed by atoms with Crippen LogP contribution in [-0.4, -0.2) is 17.6 Å². The Labute approximate surface area is 103 Å². The third kappa shape index (κ3) is 4.57. The molecule has 0 heterocycles. The molecule has 3 heteroatoms. The van der Waals surface area contributed by atoms with E-state index >= 15 is 0 Å². The molecule has 0 radical (unpaired) electrons. The van der Waals surface area contributed by atoms with Gasteiger partial charge in [-0.1, -0.05) is 44.5 Å². The number of aliphatic hydroxyl groups is 1. The van der Waals surface area contributed by atoms with Crippen molar-refractivity contribution in [3.63, 3.8) is 0 Å². The molecule has 94 valence electrons. The molecule has 1 rings (SSSR count). The molecule has 1 atom stereocenters. The summed E-state index contributed by atoms with van der Waals surface area (Å²) in [5.41, 5.74) is 2.13. The fourth-order valence-electron chi connectivity index (χ4n) is 1.65. The molecule has 0 saturated carbocycles. The van der Waals surface area contributed by atoms with Crippen LogP contribution in [0.4, 0.5) is 0 Å². The Bertz CT molecular complexity index is 346. The highest BCUT2D eigenvalue weighted by atomic mass is 16.3. The lowest BCUT2D eigenvalue weighted by atomic mass is 10.0. The fraction of sp³-hybridized carbons (Fsp3) is 0.500. The van der Waals surface area contributed by atoms with Gasteiger partial charge in [-0.05, 0) is 17.5 Å². The zero-order chi connectivity index (χ0) is 12.7. The molecule has 0 bridgehead atoms. The van der Waals surface area contributed by atoms with E-state index in [0.717, 1.165) is 18.4 Å². The van der Waals surface area contributed by atoms with Crippen LogP contribution in [0.15, 0.2) is 24.3 Å². The average molecular weight is 235 g/mol. The molecule has 0 spiro atoms. The van der Waals surface area contributed by atoms with Gasteiger partial charge in [-0.2, -0.15) is 0 Å². The Balaban J connectivity index is 2.51. The van der Waals surface area contributed by atoms with E-state index in [1.54, 1.807) is 6.92 Å². The lowest BCUT2D eigenvalue weighted by Gasteiger charge is -2.12. The maximum Gasteiger partial charge on any atom is 0.219 e. The number of aliphatic hydroxyl groups excluding tert-OH is 1. The van der Waals surface area contributed by atoms with Crippen LogP contribution in [0.1, 0.15) is 43.9 Å². The Morgan fingerprint density at radius 1 is 1.29 bits per heavy atom. The number of rotatable bonds is 6. The lowest BCUT2D eigenvalue weighted by Crippen LogP contribution is -2.27. The maximum absolute atomic E-state index is 11.1. The van der Waals surface area contributed by atoms with Gasteiger partial charge in [0.1, 0.15) is 0 Å². The highest BCUT2D eigenvalue weighted by Crippen LogP contribution is 2.14. The number of nitrogens with one attached hydrogen (secondary N) is 1. The van der Waals surface area contributed by atoms with Gasteiger partial charge in [0, 0.05) is 13.0 Å². The van der Waals surface area contributed by atoms with Crippen molar-refractivity contribution in [3.05, 3.63) is 35.4 Å². The summed E-state index contributed by atoms with van der Waals surface area (Å²) in [5, 5.41) is 12.6. The standard InChI is InChI=1S/C14H21NO2/c1-3-5-11-6-8-12(9-7-11)13(16)10-15-14(17)4-2/h6-9,13,16H,3-5,10H2,1-2H3,(H,15,17). The lowest BCUT2D eigenvalue weighted by molar-refractivity contribution is -0.121. The van der Waals surface area contributed by atoms with Gasteiger partial charge in [0.05, 0.1) is 6.10 Å². The van der Waals surface area contributed by atoms with Crippen molar-refractivity contribution >= 4 is 5.91 Å². The summed E-state index contributed by atoms with van der Waals surface area (Å²) < 4.78 is 0. The molecule has 0 aliphatic carbocycles. The van der Waals surface area contributed by atoms with Crippen molar-refractivity contribution in [2.24, 2.45) is 0 Å². The van der Waals surface area contributed by atoms with E-state index in [1.807, 2.05) is 24.3 Å². The number of hydrogen-bond donors (Lipinski definition) is 2. The van der Waals surface area contributed by atoms with Crippen molar-refractivity contribution in [3.8, 4) is 0 Å². The minimum atomic E-state index is -0.624. The van der Waals surface area contributed by atoms with Gasteiger partial charge in [-0.15, -0.1) is 0 Å². The van der Waals surface area contributed by atoms with Crippen LogP contribution in [0, 0.1) is 0 Å². The zero-order valence-corrected chi connectivity index (χ0v) is 10.6. The molecule has 0 aromatic heterocycles. The normalized spacial score (nSPS) is 12.2. The average Bonchev–Trinajstić information content (AvgIpc) is 2.36. The largest absolute Gasteiger partial charge is 0.387 e. The van der Waals surface area contributed by atoms with Gasteiger partial charge in [0.25, 0.3) is 0 Å². The van der Waals surface area contributed by atoms with E-state index in [4.69, 9.17) is 0 Å². The van der Waals surface area contributed by atoms with Gasteiger partial charge in [-0.25, -0.2) is 0 Å². The third-order valence-electron chi connectivity index (χ3n) is 2.72. The molecule has 1 unspecified atom stereocenters. The first kappa shape index (κ1) is 13.7. The van der Waals surface area contributed by atoms with Crippen LogP contribution in [0.5, 0.6) is 0 Å².